The van der Waals surface area contributed by atoms with Gasteiger partial charge in [0.25, 0.3) is 5.91 Å². The van der Waals surface area contributed by atoms with E-state index in [9.17, 15) is 4.79 Å². The quantitative estimate of drug-likeness (QED) is 0.789. The first kappa shape index (κ1) is 10.8. The van der Waals surface area contributed by atoms with Crippen LogP contribution in [-0.4, -0.2) is 32.4 Å². The van der Waals surface area contributed by atoms with Gasteiger partial charge in [0.15, 0.2) is 0 Å². The Balaban J connectivity index is 2.24. The SMILES string of the molecule is NC(=O)c1csc(-c2cnn(CCO)c2)n1. The number of thiazole rings is 1. The Kier molecular flexibility index (Phi) is 2.97. The maximum Gasteiger partial charge on any atom is 0.268 e. The highest BCUT2D eigenvalue weighted by Gasteiger charge is 2.09. The normalized spacial score (nSPS) is 10.6. The highest BCUT2D eigenvalue weighted by Crippen LogP contribution is 2.22. The third-order valence-corrected chi connectivity index (χ3v) is 2.86. The minimum Gasteiger partial charge on any atom is -0.394 e. The molecule has 0 aliphatic carbocycles. The van der Waals surface area contributed by atoms with Crippen LogP contribution in [0.1, 0.15) is 10.5 Å². The van der Waals surface area contributed by atoms with Gasteiger partial charge in [-0.1, -0.05) is 0 Å². The van der Waals surface area contributed by atoms with Gasteiger partial charge in [0.05, 0.1) is 19.3 Å². The van der Waals surface area contributed by atoms with Crippen LogP contribution in [0.2, 0.25) is 0 Å². The Labute approximate surface area is 95.3 Å². The van der Waals surface area contributed by atoms with Crippen LogP contribution in [-0.2, 0) is 6.54 Å². The van der Waals surface area contributed by atoms with Crippen molar-refractivity contribution in [2.45, 2.75) is 6.54 Å². The fourth-order valence-corrected chi connectivity index (χ4v) is 2.00. The van der Waals surface area contributed by atoms with Gasteiger partial charge in [-0.15, -0.1) is 11.3 Å². The van der Waals surface area contributed by atoms with Gasteiger partial charge < -0.3 is 10.8 Å². The van der Waals surface area contributed by atoms with Crippen LogP contribution in [0, 0.1) is 0 Å². The zero-order valence-corrected chi connectivity index (χ0v) is 9.15. The van der Waals surface area contributed by atoms with Crippen LogP contribution in [0.15, 0.2) is 17.8 Å². The first-order valence-corrected chi connectivity index (χ1v) is 5.47. The molecule has 84 valence electrons. The molecule has 16 heavy (non-hydrogen) atoms. The van der Waals surface area contributed by atoms with E-state index < -0.39 is 5.91 Å². The summed E-state index contributed by atoms with van der Waals surface area (Å²) in [5.41, 5.74) is 6.18. The predicted molar refractivity (Wildman–Crippen MR) is 58.9 cm³/mol. The van der Waals surface area contributed by atoms with Gasteiger partial charge in [0, 0.05) is 17.1 Å². The van der Waals surface area contributed by atoms with Gasteiger partial charge >= 0.3 is 0 Å². The second-order valence-electron chi connectivity index (χ2n) is 3.12. The molecule has 0 unspecified atom stereocenters. The van der Waals surface area contributed by atoms with E-state index in [4.69, 9.17) is 10.8 Å². The van der Waals surface area contributed by atoms with Crippen molar-refractivity contribution in [1.82, 2.24) is 14.8 Å². The minimum absolute atomic E-state index is 0.0333. The van der Waals surface area contributed by atoms with E-state index in [-0.39, 0.29) is 12.3 Å². The molecule has 2 aromatic rings. The molecule has 3 N–H and O–H groups in total. The van der Waals surface area contributed by atoms with E-state index in [0.717, 1.165) is 5.56 Å². The molecule has 0 aliphatic rings. The van der Waals surface area contributed by atoms with E-state index in [1.54, 1.807) is 22.5 Å². The Morgan fingerprint density at radius 3 is 3.06 bits per heavy atom. The summed E-state index contributed by atoms with van der Waals surface area (Å²) in [5, 5.41) is 15.1. The maximum atomic E-state index is 10.9. The number of hydrogen-bond acceptors (Lipinski definition) is 5. The van der Waals surface area contributed by atoms with Crippen molar-refractivity contribution in [3.63, 3.8) is 0 Å². The molecule has 2 rings (SSSR count). The van der Waals surface area contributed by atoms with Gasteiger partial charge in [0.2, 0.25) is 0 Å². The second-order valence-corrected chi connectivity index (χ2v) is 3.98. The Morgan fingerprint density at radius 2 is 2.44 bits per heavy atom. The molecule has 6 nitrogen and oxygen atoms in total. The molecule has 1 amide bonds. The average molecular weight is 238 g/mol. The molecule has 0 aliphatic heterocycles. The van der Waals surface area contributed by atoms with Crippen LogP contribution < -0.4 is 5.73 Å². The fourth-order valence-electron chi connectivity index (χ4n) is 1.22. The largest absolute Gasteiger partial charge is 0.394 e. The molecular weight excluding hydrogens is 228 g/mol. The van der Waals surface area contributed by atoms with Crippen molar-refractivity contribution in [3.05, 3.63) is 23.5 Å². The molecule has 0 saturated carbocycles. The van der Waals surface area contributed by atoms with Crippen LogP contribution in [0.25, 0.3) is 10.6 Å². The number of aliphatic hydroxyl groups is 1. The minimum atomic E-state index is -0.537. The summed E-state index contributed by atoms with van der Waals surface area (Å²) in [4.78, 5) is 14.9. The number of primary amides is 1. The number of nitrogens with zero attached hydrogens (tertiary/aromatic N) is 3. The number of carbonyl (C=O) groups excluding carboxylic acids is 1. The number of aliphatic hydroxyl groups excluding tert-OH is 1. The van der Waals surface area contributed by atoms with E-state index in [2.05, 4.69) is 10.1 Å². The Morgan fingerprint density at radius 1 is 1.62 bits per heavy atom. The number of amides is 1. The zero-order valence-electron chi connectivity index (χ0n) is 8.33. The average Bonchev–Trinajstić information content (AvgIpc) is 2.84. The highest BCUT2D eigenvalue weighted by molar-refractivity contribution is 7.13. The van der Waals surface area contributed by atoms with Crippen LogP contribution in [0.3, 0.4) is 0 Å². The molecule has 0 saturated heterocycles. The first-order valence-electron chi connectivity index (χ1n) is 4.59. The fraction of sp³-hybridized carbons (Fsp3) is 0.222. The summed E-state index contributed by atoms with van der Waals surface area (Å²) in [6.45, 7) is 0.472. The van der Waals surface area contributed by atoms with Crippen molar-refractivity contribution in [2.75, 3.05) is 6.61 Å². The first-order chi connectivity index (χ1) is 7.70. The summed E-state index contributed by atoms with van der Waals surface area (Å²) in [6, 6.07) is 0. The topological polar surface area (TPSA) is 94.0 Å². The summed E-state index contributed by atoms with van der Waals surface area (Å²) in [5.74, 6) is -0.537. The molecule has 2 heterocycles. The monoisotopic (exact) mass is 238 g/mol. The standard InChI is InChI=1S/C9H10N4O2S/c10-8(15)7-5-16-9(12-7)6-3-11-13(4-6)1-2-14/h3-5,14H,1-2H2,(H2,10,15). The van der Waals surface area contributed by atoms with Crippen molar-refractivity contribution < 1.29 is 9.90 Å². The van der Waals surface area contributed by atoms with Gasteiger partial charge in [-0.25, -0.2) is 4.98 Å². The third-order valence-electron chi connectivity index (χ3n) is 1.97. The van der Waals surface area contributed by atoms with E-state index >= 15 is 0 Å². The Hall–Kier alpha value is -1.73. The number of aromatic nitrogens is 3. The maximum absolute atomic E-state index is 10.9. The number of rotatable bonds is 4. The summed E-state index contributed by atoms with van der Waals surface area (Å²) >= 11 is 1.33. The van der Waals surface area contributed by atoms with Crippen molar-refractivity contribution >= 4 is 17.2 Å². The number of nitrogens with two attached hydrogens (primary N) is 1. The summed E-state index contributed by atoms with van der Waals surface area (Å²) < 4.78 is 1.61. The van der Waals surface area contributed by atoms with E-state index in [1.807, 2.05) is 0 Å². The molecule has 0 radical (unpaired) electrons. The smallest absolute Gasteiger partial charge is 0.268 e. The third kappa shape index (κ3) is 2.10. The zero-order chi connectivity index (χ0) is 11.5. The molecule has 0 bridgehead atoms. The van der Waals surface area contributed by atoms with Gasteiger partial charge in [-0.05, 0) is 0 Å². The molecule has 0 atom stereocenters. The number of carbonyl (C=O) groups is 1. The van der Waals surface area contributed by atoms with Crippen molar-refractivity contribution in [1.29, 1.82) is 0 Å². The summed E-state index contributed by atoms with van der Waals surface area (Å²) in [7, 11) is 0. The molecule has 0 aromatic carbocycles. The Bertz CT molecular complexity index is 505. The van der Waals surface area contributed by atoms with Crippen LogP contribution in [0.4, 0.5) is 0 Å². The molecular formula is C9H10N4O2S. The highest BCUT2D eigenvalue weighted by atomic mass is 32.1. The van der Waals surface area contributed by atoms with Gasteiger partial charge in [-0.3, -0.25) is 9.48 Å². The number of hydrogen-bond donors (Lipinski definition) is 2. The lowest BCUT2D eigenvalue weighted by Crippen LogP contribution is -2.10. The van der Waals surface area contributed by atoms with Gasteiger partial charge in [0.1, 0.15) is 10.7 Å². The van der Waals surface area contributed by atoms with Crippen LogP contribution in [0.5, 0.6) is 0 Å². The van der Waals surface area contributed by atoms with Crippen molar-refractivity contribution in [3.8, 4) is 10.6 Å². The van der Waals surface area contributed by atoms with E-state index in [0.29, 0.717) is 11.6 Å². The lowest BCUT2D eigenvalue weighted by atomic mass is 10.4. The lowest BCUT2D eigenvalue weighted by molar-refractivity contribution is 0.0996. The molecule has 0 spiro atoms. The predicted octanol–water partition coefficient (Wildman–Crippen LogP) is 0.0978. The van der Waals surface area contributed by atoms with Crippen molar-refractivity contribution in [2.24, 2.45) is 5.73 Å². The second kappa shape index (κ2) is 4.42. The van der Waals surface area contributed by atoms with Crippen LogP contribution >= 0.6 is 11.3 Å². The molecule has 0 fully saturated rings. The lowest BCUT2D eigenvalue weighted by Gasteiger charge is -1.93. The van der Waals surface area contributed by atoms with E-state index in [1.165, 1.54) is 11.3 Å². The summed E-state index contributed by atoms with van der Waals surface area (Å²) in [6.07, 6.45) is 3.40. The molecule has 2 aromatic heterocycles. The van der Waals surface area contributed by atoms with Gasteiger partial charge in [-0.2, -0.15) is 5.10 Å². The molecule has 7 heteroatoms.